The second-order valence-electron chi connectivity index (χ2n) is 5.30. The van der Waals surface area contributed by atoms with Crippen molar-refractivity contribution in [2.45, 2.75) is 6.18 Å². The number of hydrogen-bond donors (Lipinski definition) is 1. The van der Waals surface area contributed by atoms with E-state index in [9.17, 15) is 23.3 Å². The summed E-state index contributed by atoms with van der Waals surface area (Å²) >= 11 is 0. The molecule has 0 heterocycles. The van der Waals surface area contributed by atoms with E-state index in [1.807, 2.05) is 0 Å². The molecule has 0 bridgehead atoms. The number of nitro benzene ring substituents is 1. The van der Waals surface area contributed by atoms with Crippen molar-refractivity contribution in [1.29, 1.82) is 0 Å². The Balaban J connectivity index is 2.36. The Kier molecular flexibility index (Phi) is 6.29. The van der Waals surface area contributed by atoms with E-state index in [1.165, 1.54) is 27.5 Å². The number of nitro groups is 1. The number of benzene rings is 2. The summed E-state index contributed by atoms with van der Waals surface area (Å²) in [5, 5.41) is 15.0. The van der Waals surface area contributed by atoms with Crippen LogP contribution >= 0.6 is 0 Å². The minimum atomic E-state index is -4.70. The Morgan fingerprint density at radius 3 is 2.14 bits per heavy atom. The average molecular weight is 399 g/mol. The van der Waals surface area contributed by atoms with Crippen LogP contribution in [-0.4, -0.2) is 32.5 Å². The van der Waals surface area contributed by atoms with Crippen molar-refractivity contribution in [2.24, 2.45) is 5.10 Å². The highest BCUT2D eigenvalue weighted by atomic mass is 19.4. The lowest BCUT2D eigenvalue weighted by atomic mass is 10.1. The van der Waals surface area contributed by atoms with Crippen molar-refractivity contribution in [3.05, 3.63) is 51.6 Å². The van der Waals surface area contributed by atoms with E-state index in [1.54, 1.807) is 12.1 Å². The Morgan fingerprint density at radius 1 is 1.07 bits per heavy atom. The Morgan fingerprint density at radius 2 is 1.68 bits per heavy atom. The predicted molar refractivity (Wildman–Crippen MR) is 95.4 cm³/mol. The molecule has 11 heteroatoms. The monoisotopic (exact) mass is 399 g/mol. The van der Waals surface area contributed by atoms with Gasteiger partial charge in [-0.05, 0) is 12.1 Å². The maximum atomic E-state index is 12.8. The number of alkyl halides is 3. The lowest BCUT2D eigenvalue weighted by Crippen LogP contribution is -2.07. The summed E-state index contributed by atoms with van der Waals surface area (Å²) in [5.74, 6) is 1.17. The van der Waals surface area contributed by atoms with Gasteiger partial charge in [0.15, 0.2) is 0 Å². The van der Waals surface area contributed by atoms with E-state index in [2.05, 4.69) is 10.5 Å². The highest BCUT2D eigenvalue weighted by Gasteiger charge is 2.33. The first-order valence-corrected chi connectivity index (χ1v) is 7.66. The predicted octanol–water partition coefficient (Wildman–Crippen LogP) is 4.09. The minimum absolute atomic E-state index is 0.208. The molecule has 0 atom stereocenters. The van der Waals surface area contributed by atoms with E-state index in [-0.39, 0.29) is 5.69 Å². The first-order valence-electron chi connectivity index (χ1n) is 7.66. The third kappa shape index (κ3) is 4.61. The molecular weight excluding hydrogens is 383 g/mol. The molecule has 0 aromatic heterocycles. The minimum Gasteiger partial charge on any atom is -0.496 e. The Hall–Kier alpha value is -3.50. The number of anilines is 1. The van der Waals surface area contributed by atoms with Crippen molar-refractivity contribution < 1.29 is 32.3 Å². The van der Waals surface area contributed by atoms with E-state index >= 15 is 0 Å². The molecular formula is C17H16F3N3O5. The number of hydrazone groups is 1. The van der Waals surface area contributed by atoms with Gasteiger partial charge in [0.25, 0.3) is 5.69 Å². The van der Waals surface area contributed by atoms with Crippen molar-refractivity contribution >= 4 is 17.6 Å². The number of nitrogens with zero attached hydrogens (tertiary/aromatic N) is 2. The maximum absolute atomic E-state index is 12.8. The van der Waals surface area contributed by atoms with Gasteiger partial charge in [0.2, 0.25) is 0 Å². The first kappa shape index (κ1) is 20.8. The number of hydrogen-bond acceptors (Lipinski definition) is 7. The van der Waals surface area contributed by atoms with E-state index in [0.717, 1.165) is 12.1 Å². The molecule has 28 heavy (non-hydrogen) atoms. The lowest BCUT2D eigenvalue weighted by Gasteiger charge is -2.12. The van der Waals surface area contributed by atoms with Crippen molar-refractivity contribution in [1.82, 2.24) is 0 Å². The van der Waals surface area contributed by atoms with Gasteiger partial charge in [0.1, 0.15) is 22.9 Å². The van der Waals surface area contributed by atoms with Crippen LogP contribution in [0.25, 0.3) is 0 Å². The summed E-state index contributed by atoms with van der Waals surface area (Å²) < 4.78 is 53.9. The van der Waals surface area contributed by atoms with Crippen LogP contribution in [0.1, 0.15) is 11.1 Å². The highest BCUT2D eigenvalue weighted by molar-refractivity contribution is 5.88. The molecule has 1 N–H and O–H groups in total. The molecule has 0 saturated carbocycles. The Labute approximate surface area is 157 Å². The van der Waals surface area contributed by atoms with Gasteiger partial charge in [-0.3, -0.25) is 15.5 Å². The van der Waals surface area contributed by atoms with Gasteiger partial charge in [0.05, 0.1) is 43.6 Å². The van der Waals surface area contributed by atoms with E-state index in [4.69, 9.17) is 14.2 Å². The summed E-state index contributed by atoms with van der Waals surface area (Å²) in [7, 11) is 4.30. The van der Waals surface area contributed by atoms with Gasteiger partial charge < -0.3 is 14.2 Å². The summed E-state index contributed by atoms with van der Waals surface area (Å²) in [6.07, 6.45) is -3.44. The number of methoxy groups -OCH3 is 3. The van der Waals surface area contributed by atoms with Crippen LogP contribution in [0.5, 0.6) is 17.2 Å². The SMILES string of the molecule is COc1cc(OC)c(/C=N/Nc2ccc(C(F)(F)F)cc2[N+](=O)[O-])c(OC)c1. The van der Waals surface area contributed by atoms with Gasteiger partial charge in [-0.2, -0.15) is 18.3 Å². The van der Waals surface area contributed by atoms with Crippen LogP contribution in [0, 0.1) is 10.1 Å². The number of rotatable bonds is 7. The summed E-state index contributed by atoms with van der Waals surface area (Å²) in [6.45, 7) is 0. The van der Waals surface area contributed by atoms with Gasteiger partial charge in [-0.15, -0.1) is 0 Å². The molecule has 0 radical (unpaired) electrons. The second-order valence-corrected chi connectivity index (χ2v) is 5.30. The second kappa shape index (κ2) is 8.46. The molecule has 0 saturated heterocycles. The van der Waals surface area contributed by atoms with E-state index in [0.29, 0.717) is 28.9 Å². The third-order valence-corrected chi connectivity index (χ3v) is 3.65. The quantitative estimate of drug-likeness (QED) is 0.428. The molecule has 0 fully saturated rings. The topological polar surface area (TPSA) is 95.2 Å². The van der Waals surface area contributed by atoms with Crippen LogP contribution in [0.15, 0.2) is 35.4 Å². The fourth-order valence-corrected chi connectivity index (χ4v) is 2.28. The number of ether oxygens (including phenoxy) is 3. The molecule has 8 nitrogen and oxygen atoms in total. The number of nitrogens with one attached hydrogen (secondary N) is 1. The molecule has 0 amide bonds. The molecule has 2 rings (SSSR count). The maximum Gasteiger partial charge on any atom is 0.416 e. The molecule has 0 aliphatic carbocycles. The van der Waals surface area contributed by atoms with Crippen molar-refractivity contribution in [3.8, 4) is 17.2 Å². The molecule has 0 unspecified atom stereocenters. The zero-order valence-corrected chi connectivity index (χ0v) is 15.0. The van der Waals surface area contributed by atoms with Crippen LogP contribution in [-0.2, 0) is 6.18 Å². The number of halogens is 3. The zero-order valence-electron chi connectivity index (χ0n) is 15.0. The van der Waals surface area contributed by atoms with Gasteiger partial charge in [-0.25, -0.2) is 0 Å². The molecule has 0 aliphatic rings. The molecule has 150 valence electrons. The lowest BCUT2D eigenvalue weighted by molar-refractivity contribution is -0.384. The molecule has 0 spiro atoms. The zero-order chi connectivity index (χ0) is 20.9. The normalized spacial score (nSPS) is 11.4. The fourth-order valence-electron chi connectivity index (χ4n) is 2.28. The van der Waals surface area contributed by atoms with Crippen LogP contribution in [0.4, 0.5) is 24.5 Å². The molecule has 2 aromatic carbocycles. The van der Waals surface area contributed by atoms with Crippen molar-refractivity contribution in [2.75, 3.05) is 26.8 Å². The third-order valence-electron chi connectivity index (χ3n) is 3.65. The average Bonchev–Trinajstić information content (AvgIpc) is 2.66. The summed E-state index contributed by atoms with van der Waals surface area (Å²) in [6, 6.07) is 5.24. The summed E-state index contributed by atoms with van der Waals surface area (Å²) in [5.41, 5.74) is 0.664. The Bertz CT molecular complexity index is 875. The van der Waals surface area contributed by atoms with Crippen molar-refractivity contribution in [3.63, 3.8) is 0 Å². The first-order chi connectivity index (χ1) is 13.2. The smallest absolute Gasteiger partial charge is 0.416 e. The fraction of sp³-hybridized carbons (Fsp3) is 0.235. The van der Waals surface area contributed by atoms with Crippen LogP contribution in [0.3, 0.4) is 0 Å². The van der Waals surface area contributed by atoms with Gasteiger partial charge >= 0.3 is 6.18 Å². The summed E-state index contributed by atoms with van der Waals surface area (Å²) in [4.78, 5) is 10.2. The molecule has 2 aromatic rings. The highest BCUT2D eigenvalue weighted by Crippen LogP contribution is 2.35. The van der Waals surface area contributed by atoms with E-state index < -0.39 is 22.4 Å². The molecule has 0 aliphatic heterocycles. The largest absolute Gasteiger partial charge is 0.496 e. The van der Waals surface area contributed by atoms with Gasteiger partial charge in [-0.1, -0.05) is 0 Å². The van der Waals surface area contributed by atoms with Crippen LogP contribution < -0.4 is 19.6 Å². The standard InChI is InChI=1S/C17H16F3N3O5/c1-26-11-7-15(27-2)12(16(8-11)28-3)9-21-22-13-5-4-10(17(18,19)20)6-14(13)23(24)25/h4-9,22H,1-3H3/b21-9+. The van der Waals surface area contributed by atoms with Gasteiger partial charge in [0, 0.05) is 18.2 Å². The van der Waals surface area contributed by atoms with Crippen LogP contribution in [0.2, 0.25) is 0 Å².